The summed E-state index contributed by atoms with van der Waals surface area (Å²) in [5.74, 6) is 0.450. The first kappa shape index (κ1) is 17.8. The van der Waals surface area contributed by atoms with Crippen molar-refractivity contribution in [1.29, 1.82) is 0 Å². The van der Waals surface area contributed by atoms with Crippen LogP contribution < -0.4 is 11.5 Å². The number of benzene rings is 1. The highest BCUT2D eigenvalue weighted by atomic mass is 16.1. The molecule has 1 aromatic carbocycles. The number of nitrogens with two attached hydrogens (primary N) is 2. The van der Waals surface area contributed by atoms with Crippen LogP contribution in [0.1, 0.15) is 19.4 Å². The van der Waals surface area contributed by atoms with Crippen LogP contribution in [0.4, 0.5) is 0 Å². The van der Waals surface area contributed by atoms with Gasteiger partial charge in [0, 0.05) is 12.3 Å². The molecule has 0 spiro atoms. The van der Waals surface area contributed by atoms with E-state index in [0.717, 1.165) is 5.56 Å². The summed E-state index contributed by atoms with van der Waals surface area (Å²) in [5.41, 5.74) is 10.2. The minimum Gasteiger partial charge on any atom is -0.405 e. The molecule has 0 atom stereocenters. The minimum absolute atomic E-state index is 0.144. The summed E-state index contributed by atoms with van der Waals surface area (Å²) in [6, 6.07) is 9.86. The van der Waals surface area contributed by atoms with E-state index in [4.69, 9.17) is 0 Å². The summed E-state index contributed by atoms with van der Waals surface area (Å²) >= 11 is 0. The van der Waals surface area contributed by atoms with Crippen molar-refractivity contribution in [3.63, 3.8) is 0 Å². The van der Waals surface area contributed by atoms with Crippen LogP contribution in [-0.2, 0) is 11.2 Å². The maximum atomic E-state index is 11.3. The lowest BCUT2D eigenvalue weighted by Gasteiger charge is -2.02. The Morgan fingerprint density at radius 1 is 1.29 bits per heavy atom. The van der Waals surface area contributed by atoms with Crippen LogP contribution in [0.25, 0.3) is 0 Å². The maximum Gasteiger partial charge on any atom is 0.139 e. The molecule has 1 aromatic rings. The highest BCUT2D eigenvalue weighted by Crippen LogP contribution is 2.04. The van der Waals surface area contributed by atoms with Crippen molar-refractivity contribution in [2.24, 2.45) is 17.4 Å². The number of hydrogen-bond donors (Lipinski definition) is 2. The summed E-state index contributed by atoms with van der Waals surface area (Å²) in [5, 5.41) is 0. The Labute approximate surface area is 105 Å². The van der Waals surface area contributed by atoms with Gasteiger partial charge in [0.1, 0.15) is 5.78 Å². The van der Waals surface area contributed by atoms with Crippen molar-refractivity contribution in [3.8, 4) is 0 Å². The fraction of sp³-hybridized carbons (Fsp3) is 0.357. The van der Waals surface area contributed by atoms with E-state index in [1.165, 1.54) is 13.2 Å². The molecule has 0 radical (unpaired) electrons. The van der Waals surface area contributed by atoms with Gasteiger partial charge >= 0.3 is 0 Å². The summed E-state index contributed by atoms with van der Waals surface area (Å²) in [4.78, 5) is 11.3. The first-order valence-corrected chi connectivity index (χ1v) is 5.58. The van der Waals surface area contributed by atoms with Gasteiger partial charge in [0.05, 0.1) is 0 Å². The van der Waals surface area contributed by atoms with Gasteiger partial charge in [0.25, 0.3) is 0 Å². The molecule has 0 amide bonds. The zero-order chi connectivity index (χ0) is 13.7. The van der Waals surface area contributed by atoms with Crippen LogP contribution in [0.15, 0.2) is 43.1 Å². The number of ketones is 1. The lowest BCUT2D eigenvalue weighted by Crippen LogP contribution is -2.09. The van der Waals surface area contributed by atoms with Gasteiger partial charge in [-0.1, -0.05) is 50.8 Å². The summed E-state index contributed by atoms with van der Waals surface area (Å²) < 4.78 is 0. The van der Waals surface area contributed by atoms with E-state index in [9.17, 15) is 4.79 Å². The van der Waals surface area contributed by atoms with E-state index in [-0.39, 0.29) is 5.92 Å². The zero-order valence-electron chi connectivity index (χ0n) is 11.0. The molecule has 4 N–H and O–H groups in total. The Morgan fingerprint density at radius 3 is 2.06 bits per heavy atom. The van der Waals surface area contributed by atoms with Crippen LogP contribution in [-0.4, -0.2) is 12.8 Å². The van der Waals surface area contributed by atoms with Gasteiger partial charge in [-0.05, 0) is 18.8 Å². The average Bonchev–Trinajstić information content (AvgIpc) is 2.34. The Balaban J connectivity index is 0. The van der Waals surface area contributed by atoms with Crippen molar-refractivity contribution in [2.45, 2.75) is 20.3 Å². The van der Waals surface area contributed by atoms with E-state index in [2.05, 4.69) is 18.0 Å². The van der Waals surface area contributed by atoms with Gasteiger partial charge in [-0.25, -0.2) is 0 Å². The molecule has 0 aliphatic carbocycles. The third kappa shape index (κ3) is 10.7. The lowest BCUT2D eigenvalue weighted by atomic mass is 10.0. The first-order chi connectivity index (χ1) is 8.11. The molecule has 96 valence electrons. The predicted octanol–water partition coefficient (Wildman–Crippen LogP) is 2.12. The normalized spacial score (nSPS) is 8.29. The van der Waals surface area contributed by atoms with E-state index < -0.39 is 0 Å². The molecule has 0 saturated heterocycles. The summed E-state index contributed by atoms with van der Waals surface area (Å²) in [6.45, 7) is 7.01. The topological polar surface area (TPSA) is 69.1 Å². The largest absolute Gasteiger partial charge is 0.405 e. The van der Waals surface area contributed by atoms with Crippen molar-refractivity contribution >= 4 is 5.78 Å². The predicted molar refractivity (Wildman–Crippen MR) is 74.5 cm³/mol. The Morgan fingerprint density at radius 2 is 1.71 bits per heavy atom. The van der Waals surface area contributed by atoms with Gasteiger partial charge in [0.15, 0.2) is 0 Å². The molecular formula is C14H24N2O. The number of hydrogen-bond acceptors (Lipinski definition) is 3. The third-order valence-corrected chi connectivity index (χ3v) is 1.87. The van der Waals surface area contributed by atoms with Crippen molar-refractivity contribution in [2.75, 3.05) is 7.05 Å². The van der Waals surface area contributed by atoms with E-state index in [1.807, 2.05) is 44.2 Å². The van der Waals surface area contributed by atoms with Crippen molar-refractivity contribution in [3.05, 3.63) is 48.7 Å². The second-order valence-corrected chi connectivity index (χ2v) is 3.52. The van der Waals surface area contributed by atoms with Crippen LogP contribution in [0.2, 0.25) is 0 Å². The molecule has 3 heteroatoms. The third-order valence-electron chi connectivity index (χ3n) is 1.87. The van der Waals surface area contributed by atoms with Crippen LogP contribution in [0, 0.1) is 5.92 Å². The monoisotopic (exact) mass is 236 g/mol. The summed E-state index contributed by atoms with van der Waals surface area (Å²) in [7, 11) is 1.50. The number of carbonyl (C=O) groups is 1. The highest BCUT2D eigenvalue weighted by Gasteiger charge is 2.06. The molecule has 0 fully saturated rings. The van der Waals surface area contributed by atoms with Gasteiger partial charge in [-0.15, -0.1) is 0 Å². The van der Waals surface area contributed by atoms with Gasteiger partial charge in [-0.2, -0.15) is 0 Å². The smallest absolute Gasteiger partial charge is 0.139 e. The highest BCUT2D eigenvalue weighted by molar-refractivity contribution is 5.82. The minimum atomic E-state index is 0.144. The second kappa shape index (κ2) is 12.5. The standard InChI is InChI=1S/C11H14O.C2H5N.CH5N/c1-9(2)11(12)8-10-6-4-3-5-7-10;1-2-3;1-2/h3-7,9H,8H2,1-2H3;2H,1,3H2;2H2,1H3. The van der Waals surface area contributed by atoms with Crippen LogP contribution in [0.5, 0.6) is 0 Å². The van der Waals surface area contributed by atoms with Gasteiger partial charge in [0.2, 0.25) is 0 Å². The SMILES string of the molecule is C=CN.CC(C)C(=O)Cc1ccccc1.CN. The molecule has 0 bridgehead atoms. The van der Waals surface area contributed by atoms with Crippen LogP contribution >= 0.6 is 0 Å². The van der Waals surface area contributed by atoms with E-state index >= 15 is 0 Å². The summed E-state index contributed by atoms with van der Waals surface area (Å²) in [6.07, 6.45) is 1.82. The molecule has 0 saturated carbocycles. The van der Waals surface area contributed by atoms with E-state index in [0.29, 0.717) is 12.2 Å². The van der Waals surface area contributed by atoms with Gasteiger partial charge < -0.3 is 11.5 Å². The Bertz CT molecular complexity index is 294. The Hall–Kier alpha value is -1.61. The fourth-order valence-electron chi connectivity index (χ4n) is 1.00. The fourth-order valence-corrected chi connectivity index (χ4v) is 1.00. The van der Waals surface area contributed by atoms with Crippen molar-refractivity contribution in [1.82, 2.24) is 0 Å². The zero-order valence-corrected chi connectivity index (χ0v) is 11.0. The average molecular weight is 236 g/mol. The molecule has 17 heavy (non-hydrogen) atoms. The molecule has 0 unspecified atom stereocenters. The second-order valence-electron chi connectivity index (χ2n) is 3.52. The molecular weight excluding hydrogens is 212 g/mol. The lowest BCUT2D eigenvalue weighted by molar-refractivity contribution is -0.121. The quantitative estimate of drug-likeness (QED) is 0.844. The molecule has 3 nitrogen and oxygen atoms in total. The molecule has 0 aromatic heterocycles. The number of carbonyl (C=O) groups excluding carboxylic acids is 1. The first-order valence-electron chi connectivity index (χ1n) is 5.58. The molecule has 0 aliphatic rings. The molecule has 1 rings (SSSR count). The molecule has 0 heterocycles. The Kier molecular flexibility index (Phi) is 13.0. The number of rotatable bonds is 3. The van der Waals surface area contributed by atoms with Crippen molar-refractivity contribution < 1.29 is 4.79 Å². The van der Waals surface area contributed by atoms with Crippen LogP contribution in [0.3, 0.4) is 0 Å². The maximum absolute atomic E-state index is 11.3. The molecule has 0 aliphatic heterocycles. The van der Waals surface area contributed by atoms with E-state index in [1.54, 1.807) is 0 Å². The van der Waals surface area contributed by atoms with Gasteiger partial charge in [-0.3, -0.25) is 4.79 Å². The number of Topliss-reactive ketones (excluding diaryl/α,β-unsaturated/α-hetero) is 1.